The van der Waals surface area contributed by atoms with Crippen LogP contribution in [0.1, 0.15) is 5.56 Å². The van der Waals surface area contributed by atoms with Crippen molar-refractivity contribution >= 4 is 51.4 Å². The van der Waals surface area contributed by atoms with Gasteiger partial charge in [0.1, 0.15) is 11.3 Å². The zero-order valence-electron chi connectivity index (χ0n) is 20.2. The average Bonchev–Trinajstić information content (AvgIpc) is 3.39. The Morgan fingerprint density at radius 1 is 0.947 bits per heavy atom. The van der Waals surface area contributed by atoms with Gasteiger partial charge in [0.05, 0.1) is 29.6 Å². The van der Waals surface area contributed by atoms with Crippen molar-refractivity contribution in [2.75, 3.05) is 7.11 Å². The SMILES string of the molecule is COc1cccc2oc(-c3nc4ccccc4c(=O)n3N=Cc3ccccc3Sc3ccc(Cl)cc3)cc12. The number of ether oxygens (including phenoxy) is 1. The number of methoxy groups -OCH3 is 1. The number of furan rings is 1. The third-order valence-corrected chi connectivity index (χ3v) is 7.34. The minimum Gasteiger partial charge on any atom is -0.496 e. The Morgan fingerprint density at radius 2 is 1.74 bits per heavy atom. The van der Waals surface area contributed by atoms with E-state index in [2.05, 4.69) is 5.10 Å². The van der Waals surface area contributed by atoms with Crippen molar-refractivity contribution in [3.63, 3.8) is 0 Å². The zero-order chi connectivity index (χ0) is 26.1. The number of nitrogens with zero attached hydrogens (tertiary/aromatic N) is 3. The van der Waals surface area contributed by atoms with E-state index in [1.807, 2.05) is 84.9 Å². The first-order valence-corrected chi connectivity index (χ1v) is 13.0. The molecule has 0 aliphatic carbocycles. The fraction of sp³-hybridized carbons (Fsp3) is 0.0333. The quantitative estimate of drug-likeness (QED) is 0.206. The lowest BCUT2D eigenvalue weighted by Crippen LogP contribution is -2.20. The van der Waals surface area contributed by atoms with Gasteiger partial charge < -0.3 is 9.15 Å². The van der Waals surface area contributed by atoms with Crippen molar-refractivity contribution in [2.45, 2.75) is 9.79 Å². The summed E-state index contributed by atoms with van der Waals surface area (Å²) in [6.45, 7) is 0. The molecule has 0 saturated carbocycles. The van der Waals surface area contributed by atoms with Crippen LogP contribution in [-0.2, 0) is 0 Å². The fourth-order valence-corrected chi connectivity index (χ4v) is 5.18. The Morgan fingerprint density at radius 3 is 2.58 bits per heavy atom. The first-order chi connectivity index (χ1) is 18.6. The molecule has 0 amide bonds. The van der Waals surface area contributed by atoms with E-state index in [0.29, 0.717) is 38.8 Å². The highest BCUT2D eigenvalue weighted by Gasteiger charge is 2.18. The van der Waals surface area contributed by atoms with Crippen LogP contribution < -0.4 is 10.3 Å². The summed E-state index contributed by atoms with van der Waals surface area (Å²) in [6, 6.07) is 30.1. The van der Waals surface area contributed by atoms with Gasteiger partial charge in [-0.1, -0.05) is 59.8 Å². The van der Waals surface area contributed by atoms with E-state index in [0.717, 1.165) is 20.7 Å². The number of benzene rings is 4. The molecule has 0 unspecified atom stereocenters. The lowest BCUT2D eigenvalue weighted by Gasteiger charge is -2.08. The van der Waals surface area contributed by atoms with Crippen LogP contribution in [0, 0.1) is 0 Å². The molecule has 6 aromatic rings. The van der Waals surface area contributed by atoms with Crippen LogP contribution in [0.25, 0.3) is 33.5 Å². The third kappa shape index (κ3) is 4.58. The van der Waals surface area contributed by atoms with Crippen molar-refractivity contribution in [2.24, 2.45) is 5.10 Å². The van der Waals surface area contributed by atoms with Gasteiger partial charge in [-0.15, -0.1) is 0 Å². The maximum absolute atomic E-state index is 13.6. The number of para-hydroxylation sites is 1. The Kier molecular flexibility index (Phi) is 6.45. The van der Waals surface area contributed by atoms with Gasteiger partial charge in [0.2, 0.25) is 5.82 Å². The molecule has 0 aliphatic rings. The Hall–Kier alpha value is -4.33. The van der Waals surface area contributed by atoms with E-state index in [-0.39, 0.29) is 5.56 Å². The molecule has 0 N–H and O–H groups in total. The number of fused-ring (bicyclic) bond motifs is 2. The summed E-state index contributed by atoms with van der Waals surface area (Å²) in [5.74, 6) is 1.38. The Bertz CT molecular complexity index is 1880. The summed E-state index contributed by atoms with van der Waals surface area (Å²) in [4.78, 5) is 20.4. The van der Waals surface area contributed by atoms with E-state index in [1.54, 1.807) is 37.2 Å². The van der Waals surface area contributed by atoms with Gasteiger partial charge in [-0.2, -0.15) is 9.78 Å². The second-order valence-corrected chi connectivity index (χ2v) is 9.94. The Balaban J connectivity index is 1.48. The molecule has 6 rings (SSSR count). The van der Waals surface area contributed by atoms with Gasteiger partial charge in [-0.25, -0.2) is 4.98 Å². The topological polar surface area (TPSA) is 69.6 Å². The molecule has 186 valence electrons. The van der Waals surface area contributed by atoms with E-state index in [9.17, 15) is 4.79 Å². The van der Waals surface area contributed by atoms with E-state index >= 15 is 0 Å². The summed E-state index contributed by atoms with van der Waals surface area (Å²) in [5.41, 5.74) is 1.74. The number of aromatic nitrogens is 2. The molecular weight excluding hydrogens is 518 g/mol. The van der Waals surface area contributed by atoms with Gasteiger partial charge in [0, 0.05) is 20.4 Å². The molecule has 0 fully saturated rings. The monoisotopic (exact) mass is 537 g/mol. The van der Waals surface area contributed by atoms with Crippen LogP contribution in [0.3, 0.4) is 0 Å². The molecule has 0 radical (unpaired) electrons. The minimum absolute atomic E-state index is 0.294. The molecule has 0 bridgehead atoms. The second-order valence-electron chi connectivity index (χ2n) is 8.39. The normalized spacial score (nSPS) is 11.5. The van der Waals surface area contributed by atoms with Gasteiger partial charge in [-0.3, -0.25) is 4.79 Å². The highest BCUT2D eigenvalue weighted by atomic mass is 35.5. The van der Waals surface area contributed by atoms with Crippen molar-refractivity contribution in [1.29, 1.82) is 0 Å². The molecular formula is C30H20ClN3O3S. The van der Waals surface area contributed by atoms with E-state index in [1.165, 1.54) is 4.68 Å². The largest absolute Gasteiger partial charge is 0.496 e. The molecule has 38 heavy (non-hydrogen) atoms. The molecule has 0 atom stereocenters. The summed E-state index contributed by atoms with van der Waals surface area (Å²) in [6.07, 6.45) is 1.67. The van der Waals surface area contributed by atoms with Crippen LogP contribution in [0.4, 0.5) is 0 Å². The van der Waals surface area contributed by atoms with E-state index in [4.69, 9.17) is 25.7 Å². The van der Waals surface area contributed by atoms with Crippen LogP contribution in [0.15, 0.2) is 121 Å². The summed E-state index contributed by atoms with van der Waals surface area (Å²) in [5, 5.41) is 6.55. The molecule has 0 aliphatic heterocycles. The third-order valence-electron chi connectivity index (χ3n) is 5.99. The molecule has 2 aromatic heterocycles. The predicted octanol–water partition coefficient (Wildman–Crippen LogP) is 7.51. The lowest BCUT2D eigenvalue weighted by atomic mass is 10.2. The van der Waals surface area contributed by atoms with Crippen molar-refractivity contribution in [3.8, 4) is 17.3 Å². The minimum atomic E-state index is -0.294. The van der Waals surface area contributed by atoms with Crippen molar-refractivity contribution in [3.05, 3.63) is 118 Å². The van der Waals surface area contributed by atoms with Crippen molar-refractivity contribution < 1.29 is 9.15 Å². The van der Waals surface area contributed by atoms with Crippen LogP contribution in [-0.4, -0.2) is 23.0 Å². The summed E-state index contributed by atoms with van der Waals surface area (Å²) < 4.78 is 12.9. The number of hydrogen-bond acceptors (Lipinski definition) is 6. The highest BCUT2D eigenvalue weighted by Crippen LogP contribution is 2.33. The maximum Gasteiger partial charge on any atom is 0.282 e. The molecule has 0 saturated heterocycles. The zero-order valence-corrected chi connectivity index (χ0v) is 21.7. The van der Waals surface area contributed by atoms with Crippen LogP contribution >= 0.6 is 23.4 Å². The number of hydrogen-bond donors (Lipinski definition) is 0. The summed E-state index contributed by atoms with van der Waals surface area (Å²) >= 11 is 7.63. The smallest absolute Gasteiger partial charge is 0.282 e. The molecule has 4 aromatic carbocycles. The van der Waals surface area contributed by atoms with Gasteiger partial charge in [0.15, 0.2) is 5.76 Å². The maximum atomic E-state index is 13.6. The summed E-state index contributed by atoms with van der Waals surface area (Å²) in [7, 11) is 1.61. The lowest BCUT2D eigenvalue weighted by molar-refractivity contribution is 0.419. The van der Waals surface area contributed by atoms with E-state index < -0.39 is 0 Å². The first-order valence-electron chi connectivity index (χ1n) is 11.8. The van der Waals surface area contributed by atoms with Crippen LogP contribution in [0.2, 0.25) is 5.02 Å². The fourth-order valence-electron chi connectivity index (χ4n) is 4.14. The highest BCUT2D eigenvalue weighted by molar-refractivity contribution is 7.99. The average molecular weight is 538 g/mol. The Labute approximate surface area is 227 Å². The number of rotatable bonds is 6. The molecule has 0 spiro atoms. The van der Waals surface area contributed by atoms with Gasteiger partial charge >= 0.3 is 0 Å². The number of halogens is 1. The standard InChI is InChI=1S/C30H20ClN3O3S/c1-36-25-10-6-11-26-23(25)17-27(37-26)29-33-24-9-4-3-8-22(24)30(35)34(29)32-18-19-7-2-5-12-28(19)38-21-15-13-20(31)14-16-21/h2-18H,1H3. The van der Waals surface area contributed by atoms with Gasteiger partial charge in [-0.05, 0) is 60.7 Å². The predicted molar refractivity (Wildman–Crippen MR) is 153 cm³/mol. The van der Waals surface area contributed by atoms with Crippen molar-refractivity contribution in [1.82, 2.24) is 9.66 Å². The molecule has 2 heterocycles. The second kappa shape index (κ2) is 10.2. The molecule has 8 heteroatoms. The van der Waals surface area contributed by atoms with Crippen LogP contribution in [0.5, 0.6) is 5.75 Å². The first kappa shape index (κ1) is 24.0. The van der Waals surface area contributed by atoms with Gasteiger partial charge in [0.25, 0.3) is 5.56 Å². The molecule has 6 nitrogen and oxygen atoms in total.